The smallest absolute Gasteiger partial charge is 0.269 e. The van der Waals surface area contributed by atoms with Gasteiger partial charge in [0.15, 0.2) is 0 Å². The normalized spacial score (nSPS) is 11.3. The number of sulfonamides is 1. The molecular weight excluding hydrogens is 397 g/mol. The highest BCUT2D eigenvalue weighted by Crippen LogP contribution is 2.22. The molecule has 0 unspecified atom stereocenters. The lowest BCUT2D eigenvalue weighted by atomic mass is 10.3. The molecular formula is C17H13Cl2N3O3S. The summed E-state index contributed by atoms with van der Waals surface area (Å²) in [5.74, 6) is 0. The van der Waals surface area contributed by atoms with E-state index in [0.29, 0.717) is 11.4 Å². The molecule has 0 aliphatic rings. The van der Waals surface area contributed by atoms with Crippen molar-refractivity contribution < 1.29 is 8.42 Å². The minimum absolute atomic E-state index is 0.0524. The van der Waals surface area contributed by atoms with Gasteiger partial charge in [0.25, 0.3) is 15.6 Å². The molecule has 1 aromatic heterocycles. The SMILES string of the molecule is CN(c1ccccc1)S(=O)(=O)c1ccc(-n2ncc(Cl)c(Cl)c2=O)cc1. The third kappa shape index (κ3) is 3.33. The summed E-state index contributed by atoms with van der Waals surface area (Å²) in [5, 5.41) is 3.81. The number of nitrogens with zero attached hydrogens (tertiary/aromatic N) is 3. The molecule has 0 fully saturated rings. The fourth-order valence-corrected chi connectivity index (χ4v) is 3.74. The Morgan fingerprint density at radius 3 is 2.23 bits per heavy atom. The van der Waals surface area contributed by atoms with Gasteiger partial charge >= 0.3 is 0 Å². The van der Waals surface area contributed by atoms with Gasteiger partial charge in [-0.3, -0.25) is 9.10 Å². The number of aromatic nitrogens is 2. The molecule has 0 radical (unpaired) electrons. The standard InChI is InChI=1S/C17H13Cl2N3O3S/c1-21(12-5-3-2-4-6-12)26(24,25)14-9-7-13(8-10-14)22-17(23)16(19)15(18)11-20-22/h2-11H,1H3. The van der Waals surface area contributed by atoms with E-state index in [-0.39, 0.29) is 14.9 Å². The van der Waals surface area contributed by atoms with Gasteiger partial charge in [0.2, 0.25) is 0 Å². The minimum atomic E-state index is -3.74. The van der Waals surface area contributed by atoms with Crippen LogP contribution in [0.25, 0.3) is 5.69 Å². The maximum absolute atomic E-state index is 12.7. The second-order valence-electron chi connectivity index (χ2n) is 5.33. The Labute approximate surface area is 160 Å². The Morgan fingerprint density at radius 2 is 1.62 bits per heavy atom. The Hall–Kier alpha value is -2.35. The highest BCUT2D eigenvalue weighted by atomic mass is 35.5. The van der Waals surface area contributed by atoms with Gasteiger partial charge in [0, 0.05) is 7.05 Å². The van der Waals surface area contributed by atoms with Crippen molar-refractivity contribution in [2.75, 3.05) is 11.4 Å². The first-order valence-electron chi connectivity index (χ1n) is 7.40. The summed E-state index contributed by atoms with van der Waals surface area (Å²) in [6, 6.07) is 14.5. The van der Waals surface area contributed by atoms with Crippen molar-refractivity contribution >= 4 is 38.9 Å². The van der Waals surface area contributed by atoms with Crippen LogP contribution >= 0.6 is 23.2 Å². The number of para-hydroxylation sites is 1. The molecule has 3 aromatic rings. The van der Waals surface area contributed by atoms with Gasteiger partial charge in [-0.25, -0.2) is 8.42 Å². The number of anilines is 1. The Kier molecular flexibility index (Phi) is 5.04. The molecule has 0 spiro atoms. The molecule has 0 aliphatic heterocycles. The van der Waals surface area contributed by atoms with Crippen molar-refractivity contribution in [2.24, 2.45) is 0 Å². The van der Waals surface area contributed by atoms with Crippen LogP contribution in [-0.4, -0.2) is 25.2 Å². The van der Waals surface area contributed by atoms with Crippen LogP contribution in [-0.2, 0) is 10.0 Å². The monoisotopic (exact) mass is 409 g/mol. The molecule has 9 heteroatoms. The molecule has 0 bridgehead atoms. The largest absolute Gasteiger partial charge is 0.291 e. The van der Waals surface area contributed by atoms with Crippen LogP contribution in [0, 0.1) is 0 Å². The van der Waals surface area contributed by atoms with Crippen molar-refractivity contribution in [3.8, 4) is 5.69 Å². The second kappa shape index (κ2) is 7.11. The topological polar surface area (TPSA) is 72.3 Å². The minimum Gasteiger partial charge on any atom is -0.269 e. The lowest BCUT2D eigenvalue weighted by Crippen LogP contribution is -2.26. The van der Waals surface area contributed by atoms with Crippen LogP contribution in [0.5, 0.6) is 0 Å². The first kappa shape index (κ1) is 18.4. The number of halogens is 2. The summed E-state index contributed by atoms with van der Waals surface area (Å²) in [6.07, 6.45) is 1.25. The van der Waals surface area contributed by atoms with Gasteiger partial charge in [-0.15, -0.1) is 0 Å². The van der Waals surface area contributed by atoms with Gasteiger partial charge in [0.05, 0.1) is 27.5 Å². The third-order valence-corrected chi connectivity index (χ3v) is 6.28. The van der Waals surface area contributed by atoms with Crippen molar-refractivity contribution in [3.05, 3.63) is 81.2 Å². The van der Waals surface area contributed by atoms with Crippen LogP contribution in [0.3, 0.4) is 0 Å². The van der Waals surface area contributed by atoms with E-state index in [1.54, 1.807) is 30.3 Å². The van der Waals surface area contributed by atoms with Gasteiger partial charge in [0.1, 0.15) is 5.02 Å². The van der Waals surface area contributed by atoms with Crippen LogP contribution in [0.2, 0.25) is 10.0 Å². The predicted octanol–water partition coefficient (Wildman–Crippen LogP) is 3.36. The number of rotatable bonds is 4. The van der Waals surface area contributed by atoms with E-state index >= 15 is 0 Å². The molecule has 134 valence electrons. The van der Waals surface area contributed by atoms with E-state index in [9.17, 15) is 13.2 Å². The summed E-state index contributed by atoms with van der Waals surface area (Å²) in [4.78, 5) is 12.2. The highest BCUT2D eigenvalue weighted by Gasteiger charge is 2.21. The zero-order valence-electron chi connectivity index (χ0n) is 13.5. The summed E-state index contributed by atoms with van der Waals surface area (Å²) < 4.78 is 27.7. The van der Waals surface area contributed by atoms with Crippen LogP contribution < -0.4 is 9.86 Å². The summed E-state index contributed by atoms with van der Waals surface area (Å²) >= 11 is 11.6. The van der Waals surface area contributed by atoms with Crippen LogP contribution in [0.1, 0.15) is 0 Å². The van der Waals surface area contributed by atoms with Crippen molar-refractivity contribution in [2.45, 2.75) is 4.90 Å². The molecule has 3 rings (SSSR count). The molecule has 1 heterocycles. The van der Waals surface area contributed by atoms with E-state index in [1.807, 2.05) is 0 Å². The molecule has 26 heavy (non-hydrogen) atoms. The maximum atomic E-state index is 12.7. The summed E-state index contributed by atoms with van der Waals surface area (Å²) in [6.45, 7) is 0. The fraction of sp³-hybridized carbons (Fsp3) is 0.0588. The molecule has 0 amide bonds. The lowest BCUT2D eigenvalue weighted by Gasteiger charge is -2.19. The van der Waals surface area contributed by atoms with E-state index < -0.39 is 15.6 Å². The van der Waals surface area contributed by atoms with Gasteiger partial charge < -0.3 is 0 Å². The van der Waals surface area contributed by atoms with E-state index in [4.69, 9.17) is 23.2 Å². The summed E-state index contributed by atoms with van der Waals surface area (Å²) in [7, 11) is -2.26. The summed E-state index contributed by atoms with van der Waals surface area (Å²) in [5.41, 5.74) is 0.324. The van der Waals surface area contributed by atoms with E-state index in [0.717, 1.165) is 4.68 Å². The van der Waals surface area contributed by atoms with Crippen LogP contribution in [0.15, 0.2) is 70.5 Å². The van der Waals surface area contributed by atoms with Crippen LogP contribution in [0.4, 0.5) is 5.69 Å². The zero-order chi connectivity index (χ0) is 18.9. The first-order chi connectivity index (χ1) is 12.3. The fourth-order valence-electron chi connectivity index (χ4n) is 2.29. The molecule has 0 aliphatic carbocycles. The Bertz CT molecular complexity index is 1100. The van der Waals surface area contributed by atoms with E-state index in [2.05, 4.69) is 5.10 Å². The average molecular weight is 410 g/mol. The van der Waals surface area contributed by atoms with Gasteiger partial charge in [-0.2, -0.15) is 9.78 Å². The van der Waals surface area contributed by atoms with E-state index in [1.165, 1.54) is 41.8 Å². The quantitative estimate of drug-likeness (QED) is 0.661. The predicted molar refractivity (Wildman–Crippen MR) is 102 cm³/mol. The second-order valence-corrected chi connectivity index (χ2v) is 8.08. The van der Waals surface area contributed by atoms with Crippen molar-refractivity contribution in [3.63, 3.8) is 0 Å². The Morgan fingerprint density at radius 1 is 1.00 bits per heavy atom. The molecule has 0 atom stereocenters. The Balaban J connectivity index is 1.97. The first-order valence-corrected chi connectivity index (χ1v) is 9.60. The molecule has 0 saturated heterocycles. The van der Waals surface area contributed by atoms with Crippen molar-refractivity contribution in [1.29, 1.82) is 0 Å². The number of hydrogen-bond acceptors (Lipinski definition) is 4. The molecule has 2 aromatic carbocycles. The van der Waals surface area contributed by atoms with Crippen molar-refractivity contribution in [1.82, 2.24) is 9.78 Å². The molecule has 0 saturated carbocycles. The highest BCUT2D eigenvalue weighted by molar-refractivity contribution is 7.92. The zero-order valence-corrected chi connectivity index (χ0v) is 15.8. The number of benzene rings is 2. The molecule has 0 N–H and O–H groups in total. The van der Waals surface area contributed by atoms with Gasteiger partial charge in [-0.05, 0) is 36.4 Å². The third-order valence-electron chi connectivity index (χ3n) is 3.74. The van der Waals surface area contributed by atoms with Gasteiger partial charge in [-0.1, -0.05) is 41.4 Å². The lowest BCUT2D eigenvalue weighted by molar-refractivity contribution is 0.594. The average Bonchev–Trinajstić information content (AvgIpc) is 2.66. The number of hydrogen-bond donors (Lipinski definition) is 0. The molecule has 6 nitrogen and oxygen atoms in total. The maximum Gasteiger partial charge on any atom is 0.291 e.